The summed E-state index contributed by atoms with van der Waals surface area (Å²) < 4.78 is 0.912. The molecule has 1 aromatic heterocycles. The van der Waals surface area contributed by atoms with E-state index in [4.69, 9.17) is 0 Å². The van der Waals surface area contributed by atoms with E-state index in [-0.39, 0.29) is 0 Å². The van der Waals surface area contributed by atoms with Gasteiger partial charge in [-0.15, -0.1) is 0 Å². The molecule has 0 atom stereocenters. The summed E-state index contributed by atoms with van der Waals surface area (Å²) in [5, 5.41) is 3.31. The highest BCUT2D eigenvalue weighted by Crippen LogP contribution is 2.29. The smallest absolute Gasteiger partial charge is 0.148 e. The van der Waals surface area contributed by atoms with Crippen LogP contribution in [-0.4, -0.2) is 23.6 Å². The SMILES string of the molecule is CCCNc1ncnc(N(C)Cc2ccccc2C)c1Br. The Hall–Kier alpha value is -1.62. The van der Waals surface area contributed by atoms with Crippen LogP contribution in [0.4, 0.5) is 11.6 Å². The number of halogens is 1. The predicted molar refractivity (Wildman–Crippen MR) is 91.8 cm³/mol. The fourth-order valence-electron chi connectivity index (χ4n) is 2.11. The van der Waals surface area contributed by atoms with Crippen molar-refractivity contribution in [2.24, 2.45) is 0 Å². The van der Waals surface area contributed by atoms with E-state index >= 15 is 0 Å². The molecule has 2 rings (SSSR count). The molecule has 5 heteroatoms. The Labute approximate surface area is 134 Å². The van der Waals surface area contributed by atoms with Crippen LogP contribution in [0.2, 0.25) is 0 Å². The van der Waals surface area contributed by atoms with Gasteiger partial charge in [0, 0.05) is 20.1 Å². The highest BCUT2D eigenvalue weighted by atomic mass is 79.9. The third kappa shape index (κ3) is 3.94. The molecule has 0 bridgehead atoms. The monoisotopic (exact) mass is 348 g/mol. The summed E-state index contributed by atoms with van der Waals surface area (Å²) in [6, 6.07) is 8.41. The van der Waals surface area contributed by atoms with Crippen molar-refractivity contribution in [3.8, 4) is 0 Å². The standard InChI is InChI=1S/C16H21BrN4/c1-4-9-18-15-14(17)16(20-11-19-15)21(3)10-13-8-6-5-7-12(13)2/h5-8,11H,4,9-10H2,1-3H3,(H,18,19,20). The van der Waals surface area contributed by atoms with E-state index in [0.717, 1.165) is 35.6 Å². The molecule has 1 aromatic carbocycles. The van der Waals surface area contributed by atoms with Crippen molar-refractivity contribution in [1.82, 2.24) is 9.97 Å². The molecule has 4 nitrogen and oxygen atoms in total. The van der Waals surface area contributed by atoms with Crippen LogP contribution < -0.4 is 10.2 Å². The zero-order valence-corrected chi connectivity index (χ0v) is 14.3. The van der Waals surface area contributed by atoms with Crippen LogP contribution in [0.3, 0.4) is 0 Å². The fourth-order valence-corrected chi connectivity index (χ4v) is 2.76. The topological polar surface area (TPSA) is 41.1 Å². The first kappa shape index (κ1) is 15.8. The summed E-state index contributed by atoms with van der Waals surface area (Å²) in [7, 11) is 2.04. The average Bonchev–Trinajstić information content (AvgIpc) is 2.48. The van der Waals surface area contributed by atoms with E-state index in [1.165, 1.54) is 11.1 Å². The van der Waals surface area contributed by atoms with Crippen LogP contribution in [0.25, 0.3) is 0 Å². The minimum absolute atomic E-state index is 0.815. The van der Waals surface area contributed by atoms with Gasteiger partial charge < -0.3 is 10.2 Å². The van der Waals surface area contributed by atoms with Crippen molar-refractivity contribution in [3.63, 3.8) is 0 Å². The van der Waals surface area contributed by atoms with Crippen molar-refractivity contribution in [3.05, 3.63) is 46.2 Å². The molecule has 0 aliphatic heterocycles. The van der Waals surface area contributed by atoms with Gasteiger partial charge in [0.25, 0.3) is 0 Å². The third-order valence-corrected chi connectivity index (χ3v) is 4.07. The minimum Gasteiger partial charge on any atom is -0.369 e. The first-order valence-corrected chi connectivity index (χ1v) is 7.92. The van der Waals surface area contributed by atoms with Gasteiger partial charge in [0.15, 0.2) is 0 Å². The van der Waals surface area contributed by atoms with Gasteiger partial charge in [0.05, 0.1) is 0 Å². The first-order chi connectivity index (χ1) is 10.1. The second-order valence-electron chi connectivity index (χ2n) is 5.07. The normalized spacial score (nSPS) is 10.5. The molecule has 0 saturated carbocycles. The predicted octanol–water partition coefficient (Wildman–Crippen LogP) is 4.01. The minimum atomic E-state index is 0.815. The van der Waals surface area contributed by atoms with Crippen LogP contribution in [0, 0.1) is 6.92 Å². The molecular weight excluding hydrogens is 328 g/mol. The van der Waals surface area contributed by atoms with Gasteiger partial charge in [0.1, 0.15) is 22.4 Å². The average molecular weight is 349 g/mol. The van der Waals surface area contributed by atoms with Crippen molar-refractivity contribution >= 4 is 27.6 Å². The van der Waals surface area contributed by atoms with Gasteiger partial charge >= 0.3 is 0 Å². The maximum Gasteiger partial charge on any atom is 0.148 e. The van der Waals surface area contributed by atoms with E-state index in [1.807, 2.05) is 7.05 Å². The molecule has 0 saturated heterocycles. The zero-order chi connectivity index (χ0) is 15.2. The van der Waals surface area contributed by atoms with E-state index < -0.39 is 0 Å². The van der Waals surface area contributed by atoms with Crippen molar-refractivity contribution in [2.45, 2.75) is 26.8 Å². The number of hydrogen-bond donors (Lipinski definition) is 1. The molecule has 0 amide bonds. The number of nitrogens with one attached hydrogen (secondary N) is 1. The highest BCUT2D eigenvalue weighted by Gasteiger charge is 2.13. The van der Waals surface area contributed by atoms with Crippen molar-refractivity contribution in [1.29, 1.82) is 0 Å². The molecule has 0 fully saturated rings. The van der Waals surface area contributed by atoms with Crippen LogP contribution in [-0.2, 0) is 6.54 Å². The summed E-state index contributed by atoms with van der Waals surface area (Å²) in [4.78, 5) is 10.8. The molecule has 2 aromatic rings. The van der Waals surface area contributed by atoms with E-state index in [9.17, 15) is 0 Å². The summed E-state index contributed by atoms with van der Waals surface area (Å²) in [6.07, 6.45) is 2.66. The molecule has 0 aliphatic rings. The van der Waals surface area contributed by atoms with Gasteiger partial charge in [-0.3, -0.25) is 0 Å². The summed E-state index contributed by atoms with van der Waals surface area (Å²) in [5.74, 6) is 1.74. The number of benzene rings is 1. The van der Waals surface area contributed by atoms with Crippen LogP contribution in [0.5, 0.6) is 0 Å². The van der Waals surface area contributed by atoms with Crippen LogP contribution in [0.15, 0.2) is 35.1 Å². The number of anilines is 2. The maximum atomic E-state index is 4.40. The quantitative estimate of drug-likeness (QED) is 0.856. The van der Waals surface area contributed by atoms with Gasteiger partial charge in [-0.05, 0) is 40.4 Å². The number of nitrogens with zero attached hydrogens (tertiary/aromatic N) is 3. The lowest BCUT2D eigenvalue weighted by Crippen LogP contribution is -2.19. The van der Waals surface area contributed by atoms with Gasteiger partial charge in [-0.2, -0.15) is 0 Å². The Kier molecular flexibility index (Phi) is 5.56. The van der Waals surface area contributed by atoms with Crippen LogP contribution in [0.1, 0.15) is 24.5 Å². The molecule has 112 valence electrons. The largest absolute Gasteiger partial charge is 0.369 e. The number of aromatic nitrogens is 2. The molecule has 0 aliphatic carbocycles. The highest BCUT2D eigenvalue weighted by molar-refractivity contribution is 9.10. The molecule has 0 unspecified atom stereocenters. The van der Waals surface area contributed by atoms with E-state index in [2.05, 4.69) is 74.2 Å². The molecular formula is C16H21BrN4. The molecule has 0 spiro atoms. The Morgan fingerprint density at radius 1 is 1.24 bits per heavy atom. The fraction of sp³-hybridized carbons (Fsp3) is 0.375. The summed E-state index contributed by atoms with van der Waals surface area (Å²) in [5.41, 5.74) is 2.59. The molecule has 1 N–H and O–H groups in total. The maximum absolute atomic E-state index is 4.40. The van der Waals surface area contributed by atoms with Gasteiger partial charge in [-0.1, -0.05) is 31.2 Å². The van der Waals surface area contributed by atoms with Crippen LogP contribution >= 0.6 is 15.9 Å². The van der Waals surface area contributed by atoms with Gasteiger partial charge in [0.2, 0.25) is 0 Å². The zero-order valence-electron chi connectivity index (χ0n) is 12.7. The second kappa shape index (κ2) is 7.41. The lowest BCUT2D eigenvalue weighted by atomic mass is 10.1. The lowest BCUT2D eigenvalue weighted by Gasteiger charge is -2.21. The van der Waals surface area contributed by atoms with Gasteiger partial charge in [-0.25, -0.2) is 9.97 Å². The Morgan fingerprint density at radius 3 is 2.71 bits per heavy atom. The number of aryl methyl sites for hydroxylation is 1. The molecule has 0 radical (unpaired) electrons. The summed E-state index contributed by atoms with van der Waals surface area (Å²) >= 11 is 3.61. The third-order valence-electron chi connectivity index (χ3n) is 3.34. The van der Waals surface area contributed by atoms with E-state index in [0.29, 0.717) is 0 Å². The Bertz CT molecular complexity index is 601. The lowest BCUT2D eigenvalue weighted by molar-refractivity contribution is 0.877. The number of hydrogen-bond acceptors (Lipinski definition) is 4. The second-order valence-corrected chi connectivity index (χ2v) is 5.86. The molecule has 21 heavy (non-hydrogen) atoms. The Morgan fingerprint density at radius 2 is 2.00 bits per heavy atom. The van der Waals surface area contributed by atoms with Crippen molar-refractivity contribution in [2.75, 3.05) is 23.8 Å². The summed E-state index contributed by atoms with van der Waals surface area (Å²) in [6.45, 7) is 5.98. The number of rotatable bonds is 6. The first-order valence-electron chi connectivity index (χ1n) is 7.13. The Balaban J connectivity index is 2.19. The van der Waals surface area contributed by atoms with Crippen molar-refractivity contribution < 1.29 is 0 Å². The molecule has 1 heterocycles. The van der Waals surface area contributed by atoms with E-state index in [1.54, 1.807) is 6.33 Å².